The molecule has 16 heteroatoms. The number of halogens is 2. The Bertz CT molecular complexity index is 1220. The topological polar surface area (TPSA) is 187 Å². The van der Waals surface area contributed by atoms with Gasteiger partial charge in [-0.2, -0.15) is 0 Å². The van der Waals surface area contributed by atoms with E-state index in [0.29, 0.717) is 24.2 Å². The van der Waals surface area contributed by atoms with E-state index in [-0.39, 0.29) is 39.3 Å². The van der Waals surface area contributed by atoms with E-state index < -0.39 is 69.5 Å². The molecule has 14 nitrogen and oxygen atoms in total. The van der Waals surface area contributed by atoms with Crippen molar-refractivity contribution in [2.45, 2.75) is 103 Å². The van der Waals surface area contributed by atoms with Crippen LogP contribution < -0.4 is 21.3 Å². The lowest BCUT2D eigenvalue weighted by Gasteiger charge is -2.21. The van der Waals surface area contributed by atoms with Crippen LogP contribution in [0.4, 0.5) is 21.0 Å². The van der Waals surface area contributed by atoms with Crippen molar-refractivity contribution in [3.63, 3.8) is 0 Å². The highest BCUT2D eigenvalue weighted by Gasteiger charge is 2.26. The number of ether oxygens (including phenoxy) is 4. The highest BCUT2D eigenvalue weighted by molar-refractivity contribution is 9.10. The summed E-state index contributed by atoms with van der Waals surface area (Å²) in [6.07, 6.45) is 1.37. The summed E-state index contributed by atoms with van der Waals surface area (Å²) >= 11 is 6.48. The lowest BCUT2D eigenvalue weighted by atomic mass is 10.1. The lowest BCUT2D eigenvalue weighted by Crippen LogP contribution is -2.41. The molecule has 0 spiro atoms. The number of carbonyl (C=O) groups is 6. The van der Waals surface area contributed by atoms with Crippen molar-refractivity contribution in [1.82, 2.24) is 10.6 Å². The Morgan fingerprint density at radius 2 is 0.960 bits per heavy atom. The van der Waals surface area contributed by atoms with E-state index in [0.717, 1.165) is 11.1 Å². The largest absolute Gasteiger partial charge is 0.465 e. The molecule has 282 valence electrons. The predicted octanol–water partition coefficient (Wildman–Crippen LogP) is 5.90. The molecule has 4 amide bonds. The third kappa shape index (κ3) is 16.1. The molecule has 6 unspecified atom stereocenters. The van der Waals surface area contributed by atoms with Crippen molar-refractivity contribution in [3.8, 4) is 0 Å². The van der Waals surface area contributed by atoms with Crippen LogP contribution in [0.3, 0.4) is 0 Å². The van der Waals surface area contributed by atoms with Gasteiger partial charge in [0.25, 0.3) is 0 Å². The zero-order valence-corrected chi connectivity index (χ0v) is 33.3. The van der Waals surface area contributed by atoms with Crippen LogP contribution in [-0.2, 0) is 38.1 Å². The summed E-state index contributed by atoms with van der Waals surface area (Å²) in [6.45, 7) is 14.4. The quantitative estimate of drug-likeness (QED) is 0.0701. The van der Waals surface area contributed by atoms with E-state index in [1.54, 1.807) is 33.8 Å². The number of anilines is 2. The fourth-order valence-corrected chi connectivity index (χ4v) is 5.84. The second-order valence-corrected chi connectivity index (χ2v) is 14.1. The highest BCUT2D eigenvalue weighted by Crippen LogP contribution is 2.25. The SMILES string of the molecule is CCOC(=O)C(Br)CC(C)C(=O)OCC(CC)NC(=O)Nc1cc(NC(=O)NC(CC)COC(=O)C(C)CC(Br)C(=O)OCC)c(C)cc1C. The summed E-state index contributed by atoms with van der Waals surface area (Å²) in [5.41, 5.74) is 2.41. The van der Waals surface area contributed by atoms with Crippen LogP contribution in [0.15, 0.2) is 12.1 Å². The number of urea groups is 2. The summed E-state index contributed by atoms with van der Waals surface area (Å²) in [4.78, 5) is 73.3. The lowest BCUT2D eigenvalue weighted by molar-refractivity contribution is -0.151. The van der Waals surface area contributed by atoms with Crippen molar-refractivity contribution in [3.05, 3.63) is 23.3 Å². The van der Waals surface area contributed by atoms with Gasteiger partial charge < -0.3 is 40.2 Å². The van der Waals surface area contributed by atoms with Gasteiger partial charge in [0, 0.05) is 11.4 Å². The van der Waals surface area contributed by atoms with Gasteiger partial charge in [-0.15, -0.1) is 0 Å². The Balaban J connectivity index is 2.72. The molecule has 1 aromatic carbocycles. The normalized spacial score (nSPS) is 14.4. The first kappa shape index (κ1) is 44.6. The summed E-state index contributed by atoms with van der Waals surface area (Å²) in [5.74, 6) is -3.05. The minimum atomic E-state index is -0.635. The molecule has 0 radical (unpaired) electrons. The fourth-order valence-electron chi connectivity index (χ4n) is 4.45. The fraction of sp³-hybridized carbons (Fsp3) is 0.647. The highest BCUT2D eigenvalue weighted by atomic mass is 79.9. The standard InChI is InChI=1S/C34H52Br2N4O10/c1-9-23(17-49-29(41)21(7)14-25(35)31(43)47-11-3)37-33(45)39-27-16-28(20(6)13-19(27)5)40-34(46)38-24(10-2)18-50-30(42)22(8)15-26(36)32(44)48-12-4/h13,16,21-26H,9-12,14-15,17-18H2,1-8H3,(H2,37,39,45)(H2,38,40,46). The van der Waals surface area contributed by atoms with Gasteiger partial charge in [-0.3, -0.25) is 19.2 Å². The molecule has 1 aromatic rings. The van der Waals surface area contributed by atoms with Gasteiger partial charge in [0.05, 0.1) is 37.1 Å². The van der Waals surface area contributed by atoms with Gasteiger partial charge in [0.2, 0.25) is 0 Å². The number of hydrogen-bond donors (Lipinski definition) is 4. The number of rotatable bonds is 20. The number of amides is 4. The van der Waals surface area contributed by atoms with Gasteiger partial charge in [-0.05, 0) is 70.6 Å². The maximum atomic E-state index is 12.9. The average molecular weight is 837 g/mol. The van der Waals surface area contributed by atoms with E-state index in [1.165, 1.54) is 0 Å². The molecular formula is C34H52Br2N4O10. The summed E-state index contributed by atoms with van der Waals surface area (Å²) in [5, 5.41) is 11.2. The molecule has 0 saturated heterocycles. The molecule has 0 heterocycles. The van der Waals surface area contributed by atoms with E-state index in [9.17, 15) is 28.8 Å². The molecule has 0 aromatic heterocycles. The monoisotopic (exact) mass is 834 g/mol. The number of benzene rings is 1. The molecule has 50 heavy (non-hydrogen) atoms. The minimum absolute atomic E-state index is 0.0588. The average Bonchev–Trinajstić information content (AvgIpc) is 3.06. The second kappa shape index (κ2) is 23.1. The number of carbonyl (C=O) groups excluding carboxylic acids is 6. The minimum Gasteiger partial charge on any atom is -0.465 e. The second-order valence-electron chi connectivity index (χ2n) is 11.9. The first-order valence-corrected chi connectivity index (χ1v) is 18.6. The first-order valence-electron chi connectivity index (χ1n) is 16.8. The Labute approximate surface area is 311 Å². The maximum Gasteiger partial charge on any atom is 0.319 e. The smallest absolute Gasteiger partial charge is 0.319 e. The van der Waals surface area contributed by atoms with E-state index >= 15 is 0 Å². The van der Waals surface area contributed by atoms with Crippen LogP contribution in [0.1, 0.15) is 78.4 Å². The first-order chi connectivity index (χ1) is 23.6. The summed E-state index contributed by atoms with van der Waals surface area (Å²) in [6, 6.07) is 1.43. The summed E-state index contributed by atoms with van der Waals surface area (Å²) in [7, 11) is 0. The van der Waals surface area contributed by atoms with Crippen molar-refractivity contribution in [2.75, 3.05) is 37.1 Å². The molecule has 0 fully saturated rings. The third-order valence-electron chi connectivity index (χ3n) is 7.59. The number of aryl methyl sites for hydroxylation is 2. The molecular weight excluding hydrogens is 784 g/mol. The van der Waals surface area contributed by atoms with Crippen LogP contribution in [0.2, 0.25) is 0 Å². The van der Waals surface area contributed by atoms with E-state index in [2.05, 4.69) is 53.1 Å². The molecule has 0 bridgehead atoms. The van der Waals surface area contributed by atoms with E-state index in [4.69, 9.17) is 18.9 Å². The Kier molecular flexibility index (Phi) is 20.7. The van der Waals surface area contributed by atoms with Gasteiger partial charge in [0.15, 0.2) is 0 Å². The Morgan fingerprint density at radius 1 is 0.600 bits per heavy atom. The third-order valence-corrected chi connectivity index (χ3v) is 9.08. The predicted molar refractivity (Wildman–Crippen MR) is 197 cm³/mol. The zero-order valence-electron chi connectivity index (χ0n) is 30.1. The van der Waals surface area contributed by atoms with Crippen molar-refractivity contribution >= 4 is 79.2 Å². The Hall–Kier alpha value is -3.40. The molecule has 0 aliphatic carbocycles. The van der Waals surface area contributed by atoms with Gasteiger partial charge >= 0.3 is 35.9 Å². The maximum absolute atomic E-state index is 12.9. The number of nitrogens with one attached hydrogen (secondary N) is 4. The number of hydrogen-bond acceptors (Lipinski definition) is 10. The molecule has 4 N–H and O–H groups in total. The van der Waals surface area contributed by atoms with Crippen molar-refractivity contribution in [2.24, 2.45) is 11.8 Å². The van der Waals surface area contributed by atoms with Crippen LogP contribution >= 0.6 is 31.9 Å². The van der Waals surface area contributed by atoms with Crippen LogP contribution in [0.25, 0.3) is 0 Å². The molecule has 6 atom stereocenters. The summed E-state index contributed by atoms with van der Waals surface area (Å²) < 4.78 is 20.7. The molecule has 0 aliphatic heterocycles. The van der Waals surface area contributed by atoms with Gasteiger partial charge in [0.1, 0.15) is 22.9 Å². The molecule has 0 aliphatic rings. The van der Waals surface area contributed by atoms with Gasteiger partial charge in [-0.25, -0.2) is 9.59 Å². The van der Waals surface area contributed by atoms with Gasteiger partial charge in [-0.1, -0.05) is 65.6 Å². The van der Waals surface area contributed by atoms with Crippen molar-refractivity contribution in [1.29, 1.82) is 0 Å². The van der Waals surface area contributed by atoms with Crippen LogP contribution in [0, 0.1) is 25.7 Å². The van der Waals surface area contributed by atoms with E-state index in [1.807, 2.05) is 33.8 Å². The number of esters is 4. The number of alkyl halides is 2. The Morgan fingerprint density at radius 3 is 1.28 bits per heavy atom. The van der Waals surface area contributed by atoms with Crippen molar-refractivity contribution < 1.29 is 47.7 Å². The van der Waals surface area contributed by atoms with Crippen LogP contribution in [0.5, 0.6) is 0 Å². The van der Waals surface area contributed by atoms with Crippen LogP contribution in [-0.4, -0.2) is 84.1 Å². The zero-order chi connectivity index (χ0) is 38.0. The molecule has 1 rings (SSSR count). The molecule has 0 saturated carbocycles.